The molecule has 0 unspecified atom stereocenters. The van der Waals surface area contributed by atoms with Gasteiger partial charge in [0.15, 0.2) is 5.78 Å². The van der Waals surface area contributed by atoms with E-state index in [2.05, 4.69) is 16.7 Å². The Morgan fingerprint density at radius 1 is 0.600 bits per heavy atom. The highest BCUT2D eigenvalue weighted by Gasteiger charge is 2.20. The molecule has 0 aromatic heterocycles. The van der Waals surface area contributed by atoms with Crippen molar-refractivity contribution in [2.75, 3.05) is 17.7 Å². The topological polar surface area (TPSA) is 133 Å². The molecule has 0 aliphatic heterocycles. The molecule has 202 valence electrons. The number of carbonyl (C=O) groups excluding carboxylic acids is 2. The number of carboxylic acid groups (broad SMARTS) is 2. The summed E-state index contributed by atoms with van der Waals surface area (Å²) >= 11 is 0. The molecule has 0 aliphatic rings. The third kappa shape index (κ3) is 5.61. The lowest BCUT2D eigenvalue weighted by atomic mass is 9.94. The monoisotopic (exact) mass is 536 g/mol. The summed E-state index contributed by atoms with van der Waals surface area (Å²) in [5.41, 5.74) is 6.17. The largest absolute Gasteiger partial charge is 0.478 e. The van der Waals surface area contributed by atoms with Crippen LogP contribution in [0.1, 0.15) is 59.5 Å². The van der Waals surface area contributed by atoms with Gasteiger partial charge in [-0.15, -0.1) is 0 Å². The highest BCUT2D eigenvalue weighted by Crippen LogP contribution is 2.31. The third-order valence-electron chi connectivity index (χ3n) is 6.75. The van der Waals surface area contributed by atoms with Crippen LogP contribution in [0.4, 0.5) is 11.4 Å². The molecule has 4 N–H and O–H groups in total. The van der Waals surface area contributed by atoms with Crippen LogP contribution in [0.25, 0.3) is 22.3 Å². The van der Waals surface area contributed by atoms with Gasteiger partial charge >= 0.3 is 11.9 Å². The van der Waals surface area contributed by atoms with Crippen molar-refractivity contribution in [2.24, 2.45) is 0 Å². The van der Waals surface area contributed by atoms with Crippen LogP contribution in [-0.4, -0.2) is 40.9 Å². The van der Waals surface area contributed by atoms with Crippen LogP contribution in [0.15, 0.2) is 72.8 Å². The standard InChI is InChI=1S/C32H28N2O6/c1-17-13-22(33-4)7-11-24(17)25-12-8-23(14-18(25)2)34-30(36)29-16-21(6-10-27(29)32(39)40)20-5-9-26(31(37)38)28(15-20)19(3)35/h5-16,33H,1-4H3,(H,34,36)(H,37,38)(H,39,40). The molecule has 0 saturated carbocycles. The number of Topliss-reactive ketones (excluding diaryl/α,β-unsaturated/α-hetero) is 1. The summed E-state index contributed by atoms with van der Waals surface area (Å²) in [6.45, 7) is 5.23. The number of carboxylic acids is 2. The molecule has 8 nitrogen and oxygen atoms in total. The number of hydrogen-bond donors (Lipinski definition) is 4. The molecular formula is C32H28N2O6. The van der Waals surface area contributed by atoms with Crippen molar-refractivity contribution in [2.45, 2.75) is 20.8 Å². The predicted molar refractivity (Wildman–Crippen MR) is 155 cm³/mol. The lowest BCUT2D eigenvalue weighted by Gasteiger charge is -2.14. The lowest BCUT2D eigenvalue weighted by Crippen LogP contribution is -2.17. The van der Waals surface area contributed by atoms with E-state index in [1.807, 2.05) is 45.2 Å². The summed E-state index contributed by atoms with van der Waals surface area (Å²) in [5, 5.41) is 25.0. The zero-order valence-electron chi connectivity index (χ0n) is 22.5. The fourth-order valence-electron chi connectivity index (χ4n) is 4.66. The SMILES string of the molecule is CNc1ccc(-c2ccc(NC(=O)c3cc(-c4ccc(C(=O)O)c(C(C)=O)c4)ccc3C(=O)O)cc2C)c(C)c1. The fraction of sp³-hybridized carbons (Fsp3) is 0.125. The third-order valence-corrected chi connectivity index (χ3v) is 6.75. The van der Waals surface area contributed by atoms with Crippen LogP contribution in [0, 0.1) is 13.8 Å². The van der Waals surface area contributed by atoms with Gasteiger partial charge in [0.1, 0.15) is 0 Å². The van der Waals surface area contributed by atoms with E-state index in [0.29, 0.717) is 16.8 Å². The Morgan fingerprint density at radius 2 is 1.07 bits per heavy atom. The summed E-state index contributed by atoms with van der Waals surface area (Å²) in [6.07, 6.45) is 0. The maximum absolute atomic E-state index is 13.3. The van der Waals surface area contributed by atoms with Gasteiger partial charge in [0, 0.05) is 24.0 Å². The van der Waals surface area contributed by atoms with Crippen LogP contribution in [0.5, 0.6) is 0 Å². The maximum Gasteiger partial charge on any atom is 0.336 e. The number of anilines is 2. The zero-order valence-corrected chi connectivity index (χ0v) is 22.5. The molecule has 8 heteroatoms. The van der Waals surface area contributed by atoms with Crippen molar-refractivity contribution >= 4 is 35.0 Å². The van der Waals surface area contributed by atoms with Crippen LogP contribution in [0.3, 0.4) is 0 Å². The molecule has 0 fully saturated rings. The van der Waals surface area contributed by atoms with E-state index in [4.69, 9.17) is 0 Å². The molecule has 0 atom stereocenters. The normalized spacial score (nSPS) is 10.6. The second kappa shape index (κ2) is 11.2. The van der Waals surface area contributed by atoms with Gasteiger partial charge in [-0.2, -0.15) is 0 Å². The number of carbonyl (C=O) groups is 4. The average Bonchev–Trinajstić information content (AvgIpc) is 2.92. The molecule has 4 aromatic carbocycles. The first kappa shape index (κ1) is 27.8. The number of benzene rings is 4. The molecule has 1 amide bonds. The second-order valence-corrected chi connectivity index (χ2v) is 9.45. The van der Waals surface area contributed by atoms with Crippen LogP contribution in [-0.2, 0) is 0 Å². The number of aryl methyl sites for hydroxylation is 2. The predicted octanol–water partition coefficient (Wildman–Crippen LogP) is 6.53. The van der Waals surface area contributed by atoms with E-state index in [1.54, 1.807) is 6.07 Å². The summed E-state index contributed by atoms with van der Waals surface area (Å²) in [4.78, 5) is 48.8. The Kier molecular flexibility index (Phi) is 7.81. The molecule has 0 aliphatic carbocycles. The minimum Gasteiger partial charge on any atom is -0.478 e. The molecule has 0 spiro atoms. The molecule has 0 bridgehead atoms. The maximum atomic E-state index is 13.3. The molecule has 0 heterocycles. The smallest absolute Gasteiger partial charge is 0.336 e. The lowest BCUT2D eigenvalue weighted by molar-refractivity contribution is 0.0683. The van der Waals surface area contributed by atoms with Crippen molar-refractivity contribution in [1.82, 2.24) is 0 Å². The van der Waals surface area contributed by atoms with Crippen molar-refractivity contribution in [3.63, 3.8) is 0 Å². The first-order valence-corrected chi connectivity index (χ1v) is 12.5. The molecule has 4 aromatic rings. The molecule has 4 rings (SSSR count). The molecule has 0 saturated heterocycles. The van der Waals surface area contributed by atoms with Gasteiger partial charge in [0.2, 0.25) is 0 Å². The van der Waals surface area contributed by atoms with Crippen molar-refractivity contribution in [3.05, 3.63) is 106 Å². The van der Waals surface area contributed by atoms with Crippen LogP contribution in [0.2, 0.25) is 0 Å². The Balaban J connectivity index is 1.68. The number of rotatable bonds is 8. The van der Waals surface area contributed by atoms with E-state index >= 15 is 0 Å². The van der Waals surface area contributed by atoms with E-state index < -0.39 is 23.6 Å². The average molecular weight is 537 g/mol. The number of nitrogens with one attached hydrogen (secondary N) is 2. The molecule has 0 radical (unpaired) electrons. The van der Waals surface area contributed by atoms with Gasteiger partial charge in [-0.1, -0.05) is 24.3 Å². The Bertz CT molecular complexity index is 1690. The number of amides is 1. The quantitative estimate of drug-likeness (QED) is 0.188. The van der Waals surface area contributed by atoms with Gasteiger partial charge in [0.05, 0.1) is 16.7 Å². The van der Waals surface area contributed by atoms with Crippen molar-refractivity contribution in [3.8, 4) is 22.3 Å². The first-order chi connectivity index (χ1) is 19.0. The Morgan fingerprint density at radius 3 is 1.55 bits per heavy atom. The fourth-order valence-corrected chi connectivity index (χ4v) is 4.66. The van der Waals surface area contributed by atoms with Gasteiger partial charge in [0.25, 0.3) is 5.91 Å². The second-order valence-electron chi connectivity index (χ2n) is 9.45. The van der Waals surface area contributed by atoms with Gasteiger partial charge in [-0.05, 0) is 103 Å². The minimum atomic E-state index is -1.27. The van der Waals surface area contributed by atoms with Gasteiger partial charge in [-0.3, -0.25) is 9.59 Å². The van der Waals surface area contributed by atoms with Crippen LogP contribution >= 0.6 is 0 Å². The summed E-state index contributed by atoms with van der Waals surface area (Å²) < 4.78 is 0. The number of ketones is 1. The molecule has 40 heavy (non-hydrogen) atoms. The van der Waals surface area contributed by atoms with E-state index in [0.717, 1.165) is 27.9 Å². The van der Waals surface area contributed by atoms with Gasteiger partial charge < -0.3 is 20.8 Å². The zero-order chi connectivity index (χ0) is 29.1. The number of aromatic carboxylic acids is 2. The van der Waals surface area contributed by atoms with E-state index in [9.17, 15) is 29.4 Å². The summed E-state index contributed by atoms with van der Waals surface area (Å²) in [7, 11) is 1.86. The summed E-state index contributed by atoms with van der Waals surface area (Å²) in [6, 6.07) is 20.1. The highest BCUT2D eigenvalue weighted by atomic mass is 16.4. The van der Waals surface area contributed by atoms with Gasteiger partial charge in [-0.25, -0.2) is 9.59 Å². The van der Waals surface area contributed by atoms with Crippen molar-refractivity contribution < 1.29 is 29.4 Å². The Hall–Kier alpha value is -5.24. The van der Waals surface area contributed by atoms with Crippen LogP contribution < -0.4 is 10.6 Å². The number of hydrogen-bond acceptors (Lipinski definition) is 5. The van der Waals surface area contributed by atoms with Crippen molar-refractivity contribution in [1.29, 1.82) is 0 Å². The highest BCUT2D eigenvalue weighted by molar-refractivity contribution is 6.12. The summed E-state index contributed by atoms with van der Waals surface area (Å²) in [5.74, 6) is -3.54. The molecular weight excluding hydrogens is 508 g/mol. The minimum absolute atomic E-state index is 0.0183. The Labute approximate surface area is 231 Å². The van der Waals surface area contributed by atoms with E-state index in [-0.39, 0.29) is 22.3 Å². The first-order valence-electron chi connectivity index (χ1n) is 12.5. The van der Waals surface area contributed by atoms with E-state index in [1.165, 1.54) is 43.3 Å².